The first-order valence-electron chi connectivity index (χ1n) is 6.34. The number of hydrogen-bond donors (Lipinski definition) is 2. The number of nitrogens with one attached hydrogen (secondary N) is 1. The summed E-state index contributed by atoms with van der Waals surface area (Å²) in [7, 11) is 1.59. The van der Waals surface area contributed by atoms with E-state index in [4.69, 9.17) is 5.73 Å². The molecule has 1 atom stereocenters. The van der Waals surface area contributed by atoms with Crippen LogP contribution >= 0.6 is 11.3 Å². The van der Waals surface area contributed by atoms with E-state index in [1.807, 2.05) is 0 Å². The average molecular weight is 282 g/mol. The molecule has 19 heavy (non-hydrogen) atoms. The third-order valence-corrected chi connectivity index (χ3v) is 4.13. The van der Waals surface area contributed by atoms with Crippen LogP contribution in [0.4, 0.5) is 0 Å². The fourth-order valence-corrected chi connectivity index (χ4v) is 2.91. The highest BCUT2D eigenvalue weighted by molar-refractivity contribution is 7.09. The summed E-state index contributed by atoms with van der Waals surface area (Å²) >= 11 is 1.37. The molecule has 1 fully saturated rings. The van der Waals surface area contributed by atoms with Crippen LogP contribution in [0.25, 0.3) is 0 Å². The number of hydrogen-bond acceptors (Lipinski definition) is 5. The summed E-state index contributed by atoms with van der Waals surface area (Å²) in [5.41, 5.74) is 5.89. The van der Waals surface area contributed by atoms with Gasteiger partial charge in [0.05, 0.1) is 0 Å². The maximum atomic E-state index is 12.4. The monoisotopic (exact) mass is 282 g/mol. The molecule has 1 aliphatic rings. The quantitative estimate of drug-likeness (QED) is 0.837. The van der Waals surface area contributed by atoms with Gasteiger partial charge in [-0.2, -0.15) is 0 Å². The van der Waals surface area contributed by atoms with E-state index in [0.717, 1.165) is 17.8 Å². The first-order chi connectivity index (χ1) is 9.17. The maximum Gasteiger partial charge on any atom is 0.274 e. The molecule has 104 valence electrons. The Balaban J connectivity index is 2.17. The van der Waals surface area contributed by atoms with E-state index < -0.39 is 0 Å². The fraction of sp³-hybridized carbons (Fsp3) is 0.583. The second-order valence-corrected chi connectivity index (χ2v) is 5.40. The average Bonchev–Trinajstić information content (AvgIpc) is 2.94. The van der Waals surface area contributed by atoms with Gasteiger partial charge in [-0.05, 0) is 19.3 Å². The minimum Gasteiger partial charge on any atom is -0.357 e. The van der Waals surface area contributed by atoms with Crippen LogP contribution in [-0.2, 0) is 11.3 Å². The van der Waals surface area contributed by atoms with Crippen LogP contribution in [0.2, 0.25) is 0 Å². The van der Waals surface area contributed by atoms with Crippen molar-refractivity contribution in [2.24, 2.45) is 5.73 Å². The minimum atomic E-state index is -0.380. The van der Waals surface area contributed by atoms with Crippen LogP contribution in [-0.4, -0.2) is 41.3 Å². The van der Waals surface area contributed by atoms with Crippen LogP contribution in [0.5, 0.6) is 0 Å². The van der Waals surface area contributed by atoms with Gasteiger partial charge in [0.15, 0.2) is 0 Å². The highest BCUT2D eigenvalue weighted by Crippen LogP contribution is 2.20. The summed E-state index contributed by atoms with van der Waals surface area (Å²) in [5, 5.41) is 5.06. The molecule has 0 aliphatic carbocycles. The van der Waals surface area contributed by atoms with Crippen molar-refractivity contribution in [3.05, 3.63) is 16.1 Å². The Kier molecular flexibility index (Phi) is 4.49. The zero-order valence-corrected chi connectivity index (χ0v) is 11.7. The highest BCUT2D eigenvalue weighted by atomic mass is 32.1. The summed E-state index contributed by atoms with van der Waals surface area (Å²) in [6.45, 7) is 0.934. The molecule has 1 unspecified atom stereocenters. The summed E-state index contributed by atoms with van der Waals surface area (Å²) in [4.78, 5) is 30.1. The number of piperidine rings is 1. The molecule has 0 bridgehead atoms. The van der Waals surface area contributed by atoms with Crippen molar-refractivity contribution < 1.29 is 9.59 Å². The zero-order chi connectivity index (χ0) is 13.8. The highest BCUT2D eigenvalue weighted by Gasteiger charge is 2.32. The molecule has 2 rings (SSSR count). The molecule has 1 aromatic rings. The topological polar surface area (TPSA) is 88.3 Å². The van der Waals surface area contributed by atoms with E-state index in [0.29, 0.717) is 25.2 Å². The fourth-order valence-electron chi connectivity index (χ4n) is 2.26. The molecule has 0 radical (unpaired) electrons. The van der Waals surface area contributed by atoms with Gasteiger partial charge >= 0.3 is 0 Å². The number of carbonyl (C=O) groups excluding carboxylic acids is 2. The van der Waals surface area contributed by atoms with E-state index in [1.54, 1.807) is 17.3 Å². The van der Waals surface area contributed by atoms with Gasteiger partial charge in [-0.25, -0.2) is 4.98 Å². The maximum absolute atomic E-state index is 12.4. The van der Waals surface area contributed by atoms with Crippen LogP contribution in [0.15, 0.2) is 5.38 Å². The van der Waals surface area contributed by atoms with Gasteiger partial charge < -0.3 is 16.0 Å². The predicted molar refractivity (Wildman–Crippen MR) is 72.7 cm³/mol. The molecule has 0 saturated carbocycles. The van der Waals surface area contributed by atoms with Crippen molar-refractivity contribution in [1.29, 1.82) is 0 Å². The van der Waals surface area contributed by atoms with Gasteiger partial charge in [0.2, 0.25) is 5.91 Å². The van der Waals surface area contributed by atoms with Gasteiger partial charge in [-0.15, -0.1) is 11.3 Å². The number of likely N-dealkylation sites (tertiary alicyclic amines) is 1. The zero-order valence-electron chi connectivity index (χ0n) is 10.9. The van der Waals surface area contributed by atoms with Crippen LogP contribution in [0.3, 0.4) is 0 Å². The van der Waals surface area contributed by atoms with Crippen LogP contribution < -0.4 is 11.1 Å². The molecular weight excluding hydrogens is 264 g/mol. The number of amides is 2. The molecule has 0 spiro atoms. The van der Waals surface area contributed by atoms with E-state index in [-0.39, 0.29) is 17.9 Å². The number of nitrogens with zero attached hydrogens (tertiary/aromatic N) is 2. The van der Waals surface area contributed by atoms with Crippen molar-refractivity contribution in [3.8, 4) is 0 Å². The van der Waals surface area contributed by atoms with Crippen molar-refractivity contribution in [3.63, 3.8) is 0 Å². The number of nitrogens with two attached hydrogens (primary N) is 1. The van der Waals surface area contributed by atoms with E-state index >= 15 is 0 Å². The van der Waals surface area contributed by atoms with E-state index in [1.165, 1.54) is 11.3 Å². The first kappa shape index (κ1) is 14.0. The Morgan fingerprint density at radius 2 is 2.37 bits per heavy atom. The summed E-state index contributed by atoms with van der Waals surface area (Å²) < 4.78 is 0. The summed E-state index contributed by atoms with van der Waals surface area (Å²) in [6, 6.07) is -0.380. The largest absolute Gasteiger partial charge is 0.357 e. The van der Waals surface area contributed by atoms with Crippen molar-refractivity contribution >= 4 is 23.2 Å². The first-order valence-corrected chi connectivity index (χ1v) is 7.22. The summed E-state index contributed by atoms with van der Waals surface area (Å²) in [5.74, 6) is -0.286. The Morgan fingerprint density at radius 3 is 3.00 bits per heavy atom. The van der Waals surface area contributed by atoms with Gasteiger partial charge in [0.1, 0.15) is 16.7 Å². The second kappa shape index (κ2) is 6.12. The Labute approximate surface area is 116 Å². The second-order valence-electron chi connectivity index (χ2n) is 4.45. The smallest absolute Gasteiger partial charge is 0.274 e. The standard InChI is InChI=1S/C12H18N4O2S/c1-14-11(17)9-4-2-3-5-16(9)12(18)8-7-19-10(6-13)15-8/h7,9H,2-6,13H2,1H3,(H,14,17). The molecule has 6 nitrogen and oxygen atoms in total. The Morgan fingerprint density at radius 1 is 1.58 bits per heavy atom. The summed E-state index contributed by atoms with van der Waals surface area (Å²) in [6.07, 6.45) is 2.60. The number of aromatic nitrogens is 1. The van der Waals surface area contributed by atoms with Gasteiger partial charge in [-0.1, -0.05) is 0 Å². The Bertz CT molecular complexity index is 474. The van der Waals surface area contributed by atoms with Crippen LogP contribution in [0.1, 0.15) is 34.8 Å². The Hall–Kier alpha value is -1.47. The lowest BCUT2D eigenvalue weighted by Gasteiger charge is -2.33. The van der Waals surface area contributed by atoms with Gasteiger partial charge in [0.25, 0.3) is 5.91 Å². The molecule has 3 N–H and O–H groups in total. The normalized spacial score (nSPS) is 19.3. The molecule has 2 heterocycles. The lowest BCUT2D eigenvalue weighted by atomic mass is 10.0. The molecule has 1 aromatic heterocycles. The van der Waals surface area contributed by atoms with Crippen LogP contribution in [0, 0.1) is 0 Å². The van der Waals surface area contributed by atoms with Crippen molar-refractivity contribution in [2.45, 2.75) is 31.8 Å². The molecule has 7 heteroatoms. The number of likely N-dealkylation sites (N-methyl/N-ethyl adjacent to an activating group) is 1. The number of thiazole rings is 1. The molecule has 1 saturated heterocycles. The molecular formula is C12H18N4O2S. The number of carbonyl (C=O) groups is 2. The minimum absolute atomic E-state index is 0.109. The van der Waals surface area contributed by atoms with E-state index in [2.05, 4.69) is 10.3 Å². The molecule has 0 aromatic carbocycles. The predicted octanol–water partition coefficient (Wildman–Crippen LogP) is 0.342. The van der Waals surface area contributed by atoms with Gasteiger partial charge in [0, 0.05) is 25.5 Å². The third-order valence-electron chi connectivity index (χ3n) is 3.26. The van der Waals surface area contributed by atoms with Crippen molar-refractivity contribution in [2.75, 3.05) is 13.6 Å². The lowest BCUT2D eigenvalue weighted by molar-refractivity contribution is -0.126. The van der Waals surface area contributed by atoms with E-state index in [9.17, 15) is 9.59 Å². The third kappa shape index (κ3) is 2.93. The lowest BCUT2D eigenvalue weighted by Crippen LogP contribution is -2.51. The SMILES string of the molecule is CNC(=O)C1CCCCN1C(=O)c1csc(CN)n1. The number of rotatable bonds is 3. The van der Waals surface area contributed by atoms with Crippen molar-refractivity contribution in [1.82, 2.24) is 15.2 Å². The molecule has 2 amide bonds. The van der Waals surface area contributed by atoms with Gasteiger partial charge in [-0.3, -0.25) is 9.59 Å². The molecule has 1 aliphatic heterocycles.